The molecule has 21 heavy (non-hydrogen) atoms. The molecule has 0 unspecified atom stereocenters. The second kappa shape index (κ2) is 6.93. The number of carbonyl (C=O) groups is 1. The van der Waals surface area contributed by atoms with Crippen LogP contribution in [0, 0.1) is 0 Å². The molecule has 0 radical (unpaired) electrons. The number of hydrogen-bond acceptors (Lipinski definition) is 3. The van der Waals surface area contributed by atoms with Gasteiger partial charge in [0, 0.05) is 12.8 Å². The van der Waals surface area contributed by atoms with Crippen molar-refractivity contribution in [1.29, 1.82) is 0 Å². The van der Waals surface area contributed by atoms with E-state index in [4.69, 9.17) is 9.47 Å². The summed E-state index contributed by atoms with van der Waals surface area (Å²) in [5.41, 5.74) is 1.11. The van der Waals surface area contributed by atoms with Crippen LogP contribution in [0.1, 0.15) is 32.3 Å². The normalized spacial score (nSPS) is 13.3. The van der Waals surface area contributed by atoms with Crippen molar-refractivity contribution in [3.8, 4) is 11.5 Å². The first-order chi connectivity index (χ1) is 10.1. The first-order valence-corrected chi connectivity index (χ1v) is 7.06. The highest BCUT2D eigenvalue weighted by atomic mass is 16.5. The molecule has 0 heterocycles. The van der Waals surface area contributed by atoms with Crippen LogP contribution < -0.4 is 4.74 Å². The summed E-state index contributed by atoms with van der Waals surface area (Å²) >= 11 is 0. The Labute approximate surface area is 125 Å². The number of para-hydroxylation sites is 1. The number of hydrogen-bond donors (Lipinski definition) is 0. The molecule has 0 aromatic heterocycles. The lowest BCUT2D eigenvalue weighted by molar-refractivity contribution is -0.146. The smallest absolute Gasteiger partial charge is 0.302 e. The molecule has 0 aliphatic heterocycles. The molecular formula is C18H20O3. The SMILES string of the molecule is CC(=O)O[C@@H](C)[C@H](C)c1ccc(Oc2ccccc2)cc1. The molecule has 0 bridgehead atoms. The topological polar surface area (TPSA) is 35.5 Å². The maximum Gasteiger partial charge on any atom is 0.302 e. The monoisotopic (exact) mass is 284 g/mol. The van der Waals surface area contributed by atoms with Gasteiger partial charge in [-0.3, -0.25) is 4.79 Å². The summed E-state index contributed by atoms with van der Waals surface area (Å²) in [5.74, 6) is 1.49. The van der Waals surface area contributed by atoms with Gasteiger partial charge in [-0.25, -0.2) is 0 Å². The third kappa shape index (κ3) is 4.35. The molecule has 0 saturated heterocycles. The molecule has 2 rings (SSSR count). The van der Waals surface area contributed by atoms with Crippen LogP contribution in [0.2, 0.25) is 0 Å². The van der Waals surface area contributed by atoms with E-state index in [0.717, 1.165) is 17.1 Å². The van der Waals surface area contributed by atoms with Gasteiger partial charge in [-0.05, 0) is 36.8 Å². The van der Waals surface area contributed by atoms with Gasteiger partial charge in [0.05, 0.1) is 0 Å². The Morgan fingerprint density at radius 2 is 1.48 bits per heavy atom. The van der Waals surface area contributed by atoms with Crippen LogP contribution in [0.25, 0.3) is 0 Å². The largest absolute Gasteiger partial charge is 0.462 e. The summed E-state index contributed by atoms with van der Waals surface area (Å²) in [4.78, 5) is 11.0. The Kier molecular flexibility index (Phi) is 4.99. The number of carbonyl (C=O) groups excluding carboxylic acids is 1. The average molecular weight is 284 g/mol. The Balaban J connectivity index is 2.03. The van der Waals surface area contributed by atoms with Crippen molar-refractivity contribution >= 4 is 5.97 Å². The lowest BCUT2D eigenvalue weighted by Crippen LogP contribution is -2.19. The van der Waals surface area contributed by atoms with Crippen molar-refractivity contribution < 1.29 is 14.3 Å². The van der Waals surface area contributed by atoms with Crippen molar-refractivity contribution in [3.63, 3.8) is 0 Å². The van der Waals surface area contributed by atoms with E-state index in [9.17, 15) is 4.79 Å². The standard InChI is InChI=1S/C18H20O3/c1-13(14(2)20-15(3)19)16-9-11-18(12-10-16)21-17-7-5-4-6-8-17/h4-14H,1-3H3/t13-,14-/m0/s1. The molecule has 0 aliphatic carbocycles. The van der Waals surface area contributed by atoms with Crippen molar-refractivity contribution in [2.24, 2.45) is 0 Å². The summed E-state index contributed by atoms with van der Waals surface area (Å²) in [6, 6.07) is 17.5. The highest BCUT2D eigenvalue weighted by molar-refractivity contribution is 5.66. The lowest BCUT2D eigenvalue weighted by Gasteiger charge is -2.20. The van der Waals surface area contributed by atoms with Crippen LogP contribution >= 0.6 is 0 Å². The van der Waals surface area contributed by atoms with E-state index in [1.807, 2.05) is 68.4 Å². The van der Waals surface area contributed by atoms with Gasteiger partial charge < -0.3 is 9.47 Å². The molecule has 3 nitrogen and oxygen atoms in total. The predicted octanol–water partition coefficient (Wildman–Crippen LogP) is 4.53. The van der Waals surface area contributed by atoms with E-state index in [1.165, 1.54) is 6.92 Å². The number of benzene rings is 2. The summed E-state index contributed by atoms with van der Waals surface area (Å²) in [6.45, 7) is 5.38. The third-order valence-electron chi connectivity index (χ3n) is 3.44. The van der Waals surface area contributed by atoms with Crippen LogP contribution in [0.5, 0.6) is 11.5 Å². The first-order valence-electron chi connectivity index (χ1n) is 7.06. The van der Waals surface area contributed by atoms with E-state index in [1.54, 1.807) is 0 Å². The fraction of sp³-hybridized carbons (Fsp3) is 0.278. The highest BCUT2D eigenvalue weighted by Gasteiger charge is 2.16. The molecule has 0 N–H and O–H groups in total. The van der Waals surface area contributed by atoms with Gasteiger partial charge in [-0.15, -0.1) is 0 Å². The van der Waals surface area contributed by atoms with E-state index in [0.29, 0.717) is 0 Å². The molecule has 0 amide bonds. The zero-order valence-electron chi connectivity index (χ0n) is 12.6. The molecule has 0 fully saturated rings. The van der Waals surface area contributed by atoms with Crippen molar-refractivity contribution in [2.45, 2.75) is 32.8 Å². The van der Waals surface area contributed by atoms with Crippen LogP contribution in [-0.2, 0) is 9.53 Å². The summed E-state index contributed by atoms with van der Waals surface area (Å²) in [5, 5.41) is 0. The second-order valence-electron chi connectivity index (χ2n) is 5.09. The molecule has 2 atom stereocenters. The Bertz CT molecular complexity index is 575. The minimum Gasteiger partial charge on any atom is -0.462 e. The van der Waals surface area contributed by atoms with Crippen molar-refractivity contribution in [2.75, 3.05) is 0 Å². The third-order valence-corrected chi connectivity index (χ3v) is 3.44. The van der Waals surface area contributed by atoms with Crippen LogP contribution in [0.15, 0.2) is 54.6 Å². The van der Waals surface area contributed by atoms with E-state index in [-0.39, 0.29) is 18.0 Å². The van der Waals surface area contributed by atoms with Crippen molar-refractivity contribution in [3.05, 3.63) is 60.2 Å². The lowest BCUT2D eigenvalue weighted by atomic mass is 9.96. The molecule has 3 heteroatoms. The summed E-state index contributed by atoms with van der Waals surface area (Å²) < 4.78 is 11.0. The number of ether oxygens (including phenoxy) is 2. The number of esters is 1. The highest BCUT2D eigenvalue weighted by Crippen LogP contribution is 2.26. The maximum atomic E-state index is 11.0. The van der Waals surface area contributed by atoms with Crippen LogP contribution in [0.4, 0.5) is 0 Å². The molecule has 0 saturated carbocycles. The van der Waals surface area contributed by atoms with Gasteiger partial charge in [0.2, 0.25) is 0 Å². The van der Waals surface area contributed by atoms with Gasteiger partial charge in [0.1, 0.15) is 17.6 Å². The van der Waals surface area contributed by atoms with E-state index >= 15 is 0 Å². The van der Waals surface area contributed by atoms with Crippen LogP contribution in [-0.4, -0.2) is 12.1 Å². The number of rotatable bonds is 5. The maximum absolute atomic E-state index is 11.0. The van der Waals surface area contributed by atoms with Gasteiger partial charge in [0.25, 0.3) is 0 Å². The van der Waals surface area contributed by atoms with Gasteiger partial charge in [-0.2, -0.15) is 0 Å². The first kappa shape index (κ1) is 15.1. The van der Waals surface area contributed by atoms with Crippen LogP contribution in [0.3, 0.4) is 0 Å². The molecule has 2 aromatic carbocycles. The fourth-order valence-corrected chi connectivity index (χ4v) is 2.10. The van der Waals surface area contributed by atoms with Gasteiger partial charge >= 0.3 is 5.97 Å². The minimum absolute atomic E-state index is 0.139. The van der Waals surface area contributed by atoms with E-state index < -0.39 is 0 Å². The van der Waals surface area contributed by atoms with Gasteiger partial charge in [0.15, 0.2) is 0 Å². The summed E-state index contributed by atoms with van der Waals surface area (Å²) in [7, 11) is 0. The predicted molar refractivity (Wildman–Crippen MR) is 82.6 cm³/mol. The Morgan fingerprint density at radius 3 is 2.05 bits per heavy atom. The second-order valence-corrected chi connectivity index (χ2v) is 5.09. The summed E-state index contributed by atoms with van der Waals surface area (Å²) in [6.07, 6.45) is -0.150. The Hall–Kier alpha value is -2.29. The minimum atomic E-state index is -0.251. The zero-order chi connectivity index (χ0) is 15.2. The van der Waals surface area contributed by atoms with E-state index in [2.05, 4.69) is 0 Å². The Morgan fingerprint density at radius 1 is 0.905 bits per heavy atom. The molecule has 2 aromatic rings. The average Bonchev–Trinajstić information content (AvgIpc) is 2.47. The molecule has 0 spiro atoms. The van der Waals surface area contributed by atoms with Crippen molar-refractivity contribution in [1.82, 2.24) is 0 Å². The zero-order valence-corrected chi connectivity index (χ0v) is 12.6. The molecular weight excluding hydrogens is 264 g/mol. The quantitative estimate of drug-likeness (QED) is 0.756. The molecule has 0 aliphatic rings. The fourth-order valence-electron chi connectivity index (χ4n) is 2.10. The van der Waals surface area contributed by atoms with Gasteiger partial charge in [-0.1, -0.05) is 37.3 Å². The molecule has 110 valence electrons.